The van der Waals surface area contributed by atoms with Gasteiger partial charge in [-0.05, 0) is 25.5 Å². The zero-order chi connectivity index (χ0) is 17.1. The van der Waals surface area contributed by atoms with Crippen molar-refractivity contribution in [2.45, 2.75) is 13.3 Å². The molecule has 128 valence electrons. The fraction of sp³-hybridized carbons (Fsp3) is 0.467. The number of nitrogens with zero attached hydrogens (tertiary/aromatic N) is 4. The minimum absolute atomic E-state index is 0.120. The van der Waals surface area contributed by atoms with E-state index < -0.39 is 0 Å². The van der Waals surface area contributed by atoms with Crippen molar-refractivity contribution in [2.24, 2.45) is 5.92 Å². The van der Waals surface area contributed by atoms with Crippen LogP contribution >= 0.6 is 0 Å². The number of esters is 1. The number of nitrogens with one attached hydrogen (secondary N) is 2. The first-order valence-corrected chi connectivity index (χ1v) is 7.84. The van der Waals surface area contributed by atoms with E-state index >= 15 is 0 Å². The number of methoxy groups -OCH3 is 1. The predicted octanol–water partition coefficient (Wildman–Crippen LogP) is 0.870. The molecule has 1 atom stereocenters. The third-order valence-corrected chi connectivity index (χ3v) is 3.93. The van der Waals surface area contributed by atoms with Gasteiger partial charge in [-0.15, -0.1) is 5.10 Å². The van der Waals surface area contributed by atoms with Gasteiger partial charge in [0, 0.05) is 19.6 Å². The Morgan fingerprint density at radius 2 is 2.25 bits per heavy atom. The molecule has 1 fully saturated rings. The Kier molecular flexibility index (Phi) is 4.50. The molecule has 0 aromatic carbocycles. The zero-order valence-corrected chi connectivity index (χ0v) is 13.7. The molecular formula is C15H20N6O3. The molecule has 2 N–H and O–H groups in total. The second kappa shape index (κ2) is 6.73. The first kappa shape index (κ1) is 16.0. The van der Waals surface area contributed by atoms with Gasteiger partial charge in [0.1, 0.15) is 5.82 Å². The Balaban J connectivity index is 1.74. The maximum atomic E-state index is 11.6. The van der Waals surface area contributed by atoms with Crippen molar-refractivity contribution < 1.29 is 14.3 Å². The van der Waals surface area contributed by atoms with E-state index in [4.69, 9.17) is 4.74 Å². The molecule has 1 aliphatic rings. The SMILES string of the molecule is CCNC(=O)Nc1cn2nc(N3CCC(C(=O)OC)C3)ccc2n1. The summed E-state index contributed by atoms with van der Waals surface area (Å²) in [6.45, 7) is 3.72. The molecule has 1 unspecified atom stereocenters. The van der Waals surface area contributed by atoms with E-state index in [1.54, 1.807) is 10.7 Å². The lowest BCUT2D eigenvalue weighted by Crippen LogP contribution is -2.28. The molecule has 2 aromatic rings. The van der Waals surface area contributed by atoms with Crippen LogP contribution in [0.25, 0.3) is 5.65 Å². The van der Waals surface area contributed by atoms with E-state index in [-0.39, 0.29) is 17.9 Å². The summed E-state index contributed by atoms with van der Waals surface area (Å²) in [4.78, 5) is 29.5. The molecule has 0 spiro atoms. The van der Waals surface area contributed by atoms with Crippen LogP contribution in [0.5, 0.6) is 0 Å². The van der Waals surface area contributed by atoms with Crippen molar-refractivity contribution in [1.82, 2.24) is 19.9 Å². The predicted molar refractivity (Wildman–Crippen MR) is 88.0 cm³/mol. The number of ether oxygens (including phenoxy) is 1. The Labute approximate surface area is 139 Å². The molecule has 3 rings (SSSR count). The standard InChI is InChI=1S/C15H20N6O3/c1-3-16-15(23)18-11-9-21-12(17-11)4-5-13(19-21)20-7-6-10(8-20)14(22)24-2/h4-5,9-10H,3,6-8H2,1-2H3,(H2,16,18,23). The second-order valence-corrected chi connectivity index (χ2v) is 5.56. The number of hydrogen-bond donors (Lipinski definition) is 2. The number of aromatic nitrogens is 3. The number of anilines is 2. The minimum Gasteiger partial charge on any atom is -0.469 e. The van der Waals surface area contributed by atoms with Gasteiger partial charge in [0.15, 0.2) is 11.5 Å². The largest absolute Gasteiger partial charge is 0.469 e. The zero-order valence-electron chi connectivity index (χ0n) is 13.7. The van der Waals surface area contributed by atoms with Crippen LogP contribution in [0.4, 0.5) is 16.4 Å². The van der Waals surface area contributed by atoms with Gasteiger partial charge >= 0.3 is 12.0 Å². The lowest BCUT2D eigenvalue weighted by molar-refractivity contribution is -0.144. The summed E-state index contributed by atoms with van der Waals surface area (Å²) < 4.78 is 6.41. The summed E-state index contributed by atoms with van der Waals surface area (Å²) in [6.07, 6.45) is 2.41. The highest BCUT2D eigenvalue weighted by molar-refractivity contribution is 5.88. The van der Waals surface area contributed by atoms with Gasteiger partial charge in [-0.25, -0.2) is 14.3 Å². The molecule has 0 saturated carbocycles. The molecule has 9 nitrogen and oxygen atoms in total. The molecule has 0 aliphatic carbocycles. The molecule has 1 aliphatic heterocycles. The van der Waals surface area contributed by atoms with E-state index in [1.165, 1.54) is 7.11 Å². The fourth-order valence-electron chi connectivity index (χ4n) is 2.75. The lowest BCUT2D eigenvalue weighted by Gasteiger charge is -2.16. The van der Waals surface area contributed by atoms with Gasteiger partial charge < -0.3 is 15.0 Å². The van der Waals surface area contributed by atoms with E-state index in [0.29, 0.717) is 24.6 Å². The van der Waals surface area contributed by atoms with Crippen LogP contribution in [0, 0.1) is 5.92 Å². The number of hydrogen-bond acceptors (Lipinski definition) is 6. The topological polar surface area (TPSA) is 101 Å². The molecule has 0 bridgehead atoms. The van der Waals surface area contributed by atoms with Gasteiger partial charge in [-0.2, -0.15) is 0 Å². The van der Waals surface area contributed by atoms with Crippen molar-refractivity contribution >= 4 is 29.3 Å². The summed E-state index contributed by atoms with van der Waals surface area (Å²) in [5, 5.41) is 9.80. The number of imidazole rings is 1. The second-order valence-electron chi connectivity index (χ2n) is 5.56. The van der Waals surface area contributed by atoms with Crippen molar-refractivity contribution in [3.8, 4) is 0 Å². The molecule has 3 heterocycles. The highest BCUT2D eigenvalue weighted by atomic mass is 16.5. The lowest BCUT2D eigenvalue weighted by atomic mass is 10.1. The van der Waals surface area contributed by atoms with Crippen molar-refractivity contribution in [3.63, 3.8) is 0 Å². The van der Waals surface area contributed by atoms with Crippen LogP contribution in [-0.4, -0.2) is 53.3 Å². The molecule has 0 radical (unpaired) electrons. The molecule has 24 heavy (non-hydrogen) atoms. The number of amides is 2. The Morgan fingerprint density at radius 3 is 3.00 bits per heavy atom. The van der Waals surface area contributed by atoms with Gasteiger partial charge in [0.05, 0.1) is 19.2 Å². The average Bonchev–Trinajstić information content (AvgIpc) is 3.19. The highest BCUT2D eigenvalue weighted by Gasteiger charge is 2.29. The van der Waals surface area contributed by atoms with Crippen LogP contribution in [0.2, 0.25) is 0 Å². The van der Waals surface area contributed by atoms with Crippen molar-refractivity contribution in [2.75, 3.05) is 37.0 Å². The molecular weight excluding hydrogens is 312 g/mol. The van der Waals surface area contributed by atoms with Gasteiger partial charge in [0.25, 0.3) is 0 Å². The Bertz CT molecular complexity index is 759. The Morgan fingerprint density at radius 1 is 1.42 bits per heavy atom. The van der Waals surface area contributed by atoms with E-state index in [9.17, 15) is 9.59 Å². The van der Waals surface area contributed by atoms with E-state index in [0.717, 1.165) is 18.8 Å². The summed E-state index contributed by atoms with van der Waals surface area (Å²) in [7, 11) is 1.41. The van der Waals surface area contributed by atoms with Crippen LogP contribution in [0.15, 0.2) is 18.3 Å². The summed E-state index contributed by atoms with van der Waals surface area (Å²) >= 11 is 0. The van der Waals surface area contributed by atoms with Crippen LogP contribution < -0.4 is 15.5 Å². The summed E-state index contributed by atoms with van der Waals surface area (Å²) in [5.41, 5.74) is 0.634. The molecule has 1 saturated heterocycles. The number of urea groups is 1. The first-order valence-electron chi connectivity index (χ1n) is 7.84. The smallest absolute Gasteiger partial charge is 0.320 e. The number of rotatable bonds is 4. The van der Waals surface area contributed by atoms with Crippen LogP contribution in [-0.2, 0) is 9.53 Å². The fourth-order valence-corrected chi connectivity index (χ4v) is 2.75. The van der Waals surface area contributed by atoms with Crippen molar-refractivity contribution in [1.29, 1.82) is 0 Å². The Hall–Kier alpha value is -2.84. The monoisotopic (exact) mass is 332 g/mol. The number of carbonyl (C=O) groups is 2. The molecule has 9 heteroatoms. The van der Waals surface area contributed by atoms with Crippen molar-refractivity contribution in [3.05, 3.63) is 18.3 Å². The summed E-state index contributed by atoms with van der Waals surface area (Å²) in [5.74, 6) is 0.884. The quantitative estimate of drug-likeness (QED) is 0.806. The summed E-state index contributed by atoms with van der Waals surface area (Å²) in [6, 6.07) is 3.39. The van der Waals surface area contributed by atoms with E-state index in [2.05, 4.69) is 20.7 Å². The van der Waals surface area contributed by atoms with Gasteiger partial charge in [-0.3, -0.25) is 10.1 Å². The number of fused-ring (bicyclic) bond motifs is 1. The first-order chi connectivity index (χ1) is 11.6. The maximum Gasteiger partial charge on any atom is 0.320 e. The third-order valence-electron chi connectivity index (χ3n) is 3.93. The van der Waals surface area contributed by atoms with E-state index in [1.807, 2.05) is 24.0 Å². The third kappa shape index (κ3) is 3.24. The van der Waals surface area contributed by atoms with Gasteiger partial charge in [-0.1, -0.05) is 0 Å². The van der Waals surface area contributed by atoms with Crippen LogP contribution in [0.1, 0.15) is 13.3 Å². The highest BCUT2D eigenvalue weighted by Crippen LogP contribution is 2.23. The normalized spacial score (nSPS) is 17.1. The van der Waals surface area contributed by atoms with Crippen LogP contribution in [0.3, 0.4) is 0 Å². The minimum atomic E-state index is -0.304. The van der Waals surface area contributed by atoms with Gasteiger partial charge in [0.2, 0.25) is 0 Å². The number of carbonyl (C=O) groups excluding carboxylic acids is 2. The molecule has 2 aromatic heterocycles. The maximum absolute atomic E-state index is 11.6. The molecule has 2 amide bonds. The average molecular weight is 332 g/mol.